The summed E-state index contributed by atoms with van der Waals surface area (Å²) < 4.78 is 6.85. The van der Waals surface area contributed by atoms with E-state index in [4.69, 9.17) is 22.8 Å². The minimum absolute atomic E-state index is 0.311. The van der Waals surface area contributed by atoms with E-state index in [9.17, 15) is 0 Å². The van der Waals surface area contributed by atoms with Crippen molar-refractivity contribution in [2.45, 2.75) is 6.42 Å². The second-order valence-electron chi connectivity index (χ2n) is 2.69. The summed E-state index contributed by atoms with van der Waals surface area (Å²) in [6.45, 7) is 0.409. The fourth-order valence-electron chi connectivity index (χ4n) is 1.08. The lowest BCUT2D eigenvalue weighted by molar-refractivity contribution is 0.305. The van der Waals surface area contributed by atoms with Gasteiger partial charge in [-0.2, -0.15) is 19.6 Å². The molecule has 2 rings (SSSR count). The second-order valence-corrected chi connectivity index (χ2v) is 3.08. The maximum atomic E-state index is 5.78. The lowest BCUT2D eigenvalue weighted by atomic mass is 10.5. The van der Waals surface area contributed by atoms with Gasteiger partial charge in [0.15, 0.2) is 0 Å². The zero-order valence-corrected chi connectivity index (χ0v) is 8.48. The van der Waals surface area contributed by atoms with E-state index in [1.54, 1.807) is 6.07 Å². The average Bonchev–Trinajstić information content (AvgIpc) is 2.65. The Morgan fingerprint density at radius 1 is 1.60 bits per heavy atom. The van der Waals surface area contributed by atoms with Gasteiger partial charge in [0.2, 0.25) is 5.88 Å². The normalized spacial score (nSPS) is 10.1. The molecule has 0 bridgehead atoms. The average molecular weight is 223 g/mol. The molecule has 0 aliphatic heterocycles. The molecule has 0 unspecified atom stereocenters. The van der Waals surface area contributed by atoms with Gasteiger partial charge in [-0.05, 0) is 0 Å². The van der Waals surface area contributed by atoms with Gasteiger partial charge in [-0.1, -0.05) is 11.6 Å². The Bertz CT molecular complexity index is 516. The molecule has 0 aliphatic carbocycles. The molecule has 0 saturated heterocycles. The van der Waals surface area contributed by atoms with Crippen LogP contribution in [0.5, 0.6) is 5.88 Å². The molecule has 2 aromatic heterocycles. The Hall–Kier alpha value is -1.80. The van der Waals surface area contributed by atoms with Crippen LogP contribution in [0.2, 0.25) is 5.15 Å². The summed E-state index contributed by atoms with van der Waals surface area (Å²) in [5, 5.41) is 4.26. The van der Waals surface area contributed by atoms with E-state index in [0.29, 0.717) is 29.8 Å². The van der Waals surface area contributed by atoms with Crippen LogP contribution < -0.4 is 4.74 Å². The number of rotatable bonds is 3. The lowest BCUT2D eigenvalue weighted by Crippen LogP contribution is -2.03. The summed E-state index contributed by atoms with van der Waals surface area (Å²) in [6.07, 6.45) is 7.02. The molecule has 2 heterocycles. The van der Waals surface area contributed by atoms with Crippen molar-refractivity contribution in [1.82, 2.24) is 19.6 Å². The first kappa shape index (κ1) is 9.74. The molecule has 6 heteroatoms. The molecule has 0 aromatic carbocycles. The summed E-state index contributed by atoms with van der Waals surface area (Å²) in [7, 11) is 0. The molecule has 0 radical (unpaired) electrons. The van der Waals surface area contributed by atoms with E-state index in [2.05, 4.69) is 21.0 Å². The largest absolute Gasteiger partial charge is 0.476 e. The molecule has 0 atom stereocenters. The number of ether oxygens (including phenoxy) is 1. The highest BCUT2D eigenvalue weighted by Crippen LogP contribution is 2.16. The Morgan fingerprint density at radius 2 is 2.47 bits per heavy atom. The molecule has 0 spiro atoms. The molecular formula is C9H7ClN4O. The third kappa shape index (κ3) is 2.00. The maximum Gasteiger partial charge on any atom is 0.256 e. The Balaban J connectivity index is 2.32. The van der Waals surface area contributed by atoms with Crippen LogP contribution >= 0.6 is 11.6 Å². The fourth-order valence-corrected chi connectivity index (χ4v) is 1.24. The third-order valence-corrected chi connectivity index (χ3v) is 1.88. The van der Waals surface area contributed by atoms with Crippen molar-refractivity contribution in [3.8, 4) is 18.2 Å². The van der Waals surface area contributed by atoms with E-state index in [-0.39, 0.29) is 0 Å². The highest BCUT2D eigenvalue weighted by Gasteiger charge is 2.06. The number of hydrogen-bond acceptors (Lipinski definition) is 4. The zero-order valence-electron chi connectivity index (χ0n) is 7.72. The number of hydrogen-bond donors (Lipinski definition) is 0. The molecule has 0 N–H and O–H groups in total. The SMILES string of the molecule is C#CCCOc1cc(Cl)nc2ncnn12. The van der Waals surface area contributed by atoms with E-state index >= 15 is 0 Å². The Morgan fingerprint density at radius 3 is 3.27 bits per heavy atom. The minimum Gasteiger partial charge on any atom is -0.476 e. The Labute approximate surface area is 91.1 Å². The summed E-state index contributed by atoms with van der Waals surface area (Å²) in [6, 6.07) is 1.57. The van der Waals surface area contributed by atoms with Gasteiger partial charge < -0.3 is 4.74 Å². The van der Waals surface area contributed by atoms with Gasteiger partial charge in [-0.3, -0.25) is 0 Å². The topological polar surface area (TPSA) is 52.3 Å². The maximum absolute atomic E-state index is 5.78. The fraction of sp³-hybridized carbons (Fsp3) is 0.222. The van der Waals surface area contributed by atoms with Crippen molar-refractivity contribution >= 4 is 17.4 Å². The van der Waals surface area contributed by atoms with E-state index in [0.717, 1.165) is 0 Å². The van der Waals surface area contributed by atoms with E-state index in [1.807, 2.05) is 0 Å². The quantitative estimate of drug-likeness (QED) is 0.445. The monoisotopic (exact) mass is 222 g/mol. The zero-order chi connectivity index (χ0) is 10.7. The molecule has 0 fully saturated rings. The number of fused-ring (bicyclic) bond motifs is 1. The van der Waals surface area contributed by atoms with Crippen LogP contribution in [0, 0.1) is 12.3 Å². The smallest absolute Gasteiger partial charge is 0.256 e. The van der Waals surface area contributed by atoms with Crippen LogP contribution in [0.3, 0.4) is 0 Å². The van der Waals surface area contributed by atoms with Crippen molar-refractivity contribution in [2.24, 2.45) is 0 Å². The predicted octanol–water partition coefficient (Wildman–Crippen LogP) is 1.18. The molecule has 2 aromatic rings. The van der Waals surface area contributed by atoms with E-state index < -0.39 is 0 Å². The number of aromatic nitrogens is 4. The highest BCUT2D eigenvalue weighted by molar-refractivity contribution is 6.29. The first-order valence-electron chi connectivity index (χ1n) is 4.24. The molecular weight excluding hydrogens is 216 g/mol. The minimum atomic E-state index is 0.311. The van der Waals surface area contributed by atoms with Crippen LogP contribution in [0.25, 0.3) is 5.78 Å². The van der Waals surface area contributed by atoms with Gasteiger partial charge in [0.25, 0.3) is 5.78 Å². The standard InChI is InChI=1S/C9H7ClN4O/c1-2-3-4-15-8-5-7(10)13-9-11-6-12-14(8)9/h1,5-6H,3-4H2. The van der Waals surface area contributed by atoms with Crippen molar-refractivity contribution in [1.29, 1.82) is 0 Å². The van der Waals surface area contributed by atoms with Crippen LogP contribution in [0.15, 0.2) is 12.4 Å². The molecule has 0 saturated carbocycles. The predicted molar refractivity (Wildman–Crippen MR) is 54.7 cm³/mol. The van der Waals surface area contributed by atoms with Gasteiger partial charge >= 0.3 is 0 Å². The van der Waals surface area contributed by atoms with Gasteiger partial charge in [-0.25, -0.2) is 0 Å². The van der Waals surface area contributed by atoms with Gasteiger partial charge in [-0.15, -0.1) is 12.3 Å². The molecule has 15 heavy (non-hydrogen) atoms. The molecule has 0 amide bonds. The first-order valence-corrected chi connectivity index (χ1v) is 4.61. The summed E-state index contributed by atoms with van der Waals surface area (Å²) >= 11 is 5.78. The number of nitrogens with zero attached hydrogens (tertiary/aromatic N) is 4. The van der Waals surface area contributed by atoms with Crippen LogP contribution in [0.1, 0.15) is 6.42 Å². The number of halogens is 1. The van der Waals surface area contributed by atoms with Crippen molar-refractivity contribution in [2.75, 3.05) is 6.61 Å². The molecule has 0 aliphatic rings. The van der Waals surface area contributed by atoms with Crippen LogP contribution in [-0.2, 0) is 0 Å². The van der Waals surface area contributed by atoms with Crippen molar-refractivity contribution in [3.63, 3.8) is 0 Å². The first-order chi connectivity index (χ1) is 7.31. The van der Waals surface area contributed by atoms with Gasteiger partial charge in [0.05, 0.1) is 0 Å². The lowest BCUT2D eigenvalue weighted by Gasteiger charge is -2.05. The summed E-state index contributed by atoms with van der Waals surface area (Å²) in [5.41, 5.74) is 0. The van der Waals surface area contributed by atoms with Crippen LogP contribution in [-0.4, -0.2) is 26.2 Å². The van der Waals surface area contributed by atoms with Crippen molar-refractivity contribution in [3.05, 3.63) is 17.5 Å². The third-order valence-electron chi connectivity index (χ3n) is 1.68. The molecule has 76 valence electrons. The van der Waals surface area contributed by atoms with Gasteiger partial charge in [0, 0.05) is 12.5 Å². The van der Waals surface area contributed by atoms with Gasteiger partial charge in [0.1, 0.15) is 18.1 Å². The Kier molecular flexibility index (Phi) is 2.70. The number of terminal acetylenes is 1. The molecule has 5 nitrogen and oxygen atoms in total. The summed E-state index contributed by atoms with van der Waals surface area (Å²) in [5.74, 6) is 3.36. The van der Waals surface area contributed by atoms with E-state index in [1.165, 1.54) is 10.8 Å². The second kappa shape index (κ2) is 4.15. The van der Waals surface area contributed by atoms with Crippen molar-refractivity contribution < 1.29 is 4.74 Å². The summed E-state index contributed by atoms with van der Waals surface area (Å²) in [4.78, 5) is 7.86. The van der Waals surface area contributed by atoms with Crippen LogP contribution in [0.4, 0.5) is 0 Å². The highest BCUT2D eigenvalue weighted by atomic mass is 35.5.